The Kier molecular flexibility index (Phi) is 5.07. The third kappa shape index (κ3) is 3.49. The molecule has 5 nitrogen and oxygen atoms in total. The van der Waals surface area contributed by atoms with Gasteiger partial charge in [-0.05, 0) is 59.5 Å². The Morgan fingerprint density at radius 3 is 2.18 bits per heavy atom. The minimum atomic E-state index is -0.423. The van der Waals surface area contributed by atoms with Crippen molar-refractivity contribution in [2.75, 3.05) is 12.0 Å². The second-order valence-corrected chi connectivity index (χ2v) is 7.64. The number of hydrogen-bond donors (Lipinski definition) is 0. The zero-order chi connectivity index (χ0) is 22.9. The Morgan fingerprint density at radius 2 is 1.48 bits per heavy atom. The molecular weight excluding hydrogens is 414 g/mol. The van der Waals surface area contributed by atoms with Gasteiger partial charge in [0.2, 0.25) is 0 Å². The Hall–Kier alpha value is -4.51. The number of carbonyl (C=O) groups excluding carboxylic acids is 3. The van der Waals surface area contributed by atoms with Gasteiger partial charge in [-0.25, -0.2) is 4.90 Å². The van der Waals surface area contributed by atoms with Crippen molar-refractivity contribution in [3.63, 3.8) is 0 Å². The Labute approximate surface area is 190 Å². The number of benzene rings is 4. The molecule has 1 aliphatic rings. The Bertz CT molecular complexity index is 1410. The van der Waals surface area contributed by atoms with Crippen LogP contribution in [0.1, 0.15) is 36.6 Å². The highest BCUT2D eigenvalue weighted by Crippen LogP contribution is 2.35. The highest BCUT2D eigenvalue weighted by Gasteiger charge is 2.34. The molecule has 4 aromatic rings. The summed E-state index contributed by atoms with van der Waals surface area (Å²) in [6.45, 7) is 0. The predicted octanol–water partition coefficient (Wildman–Crippen LogP) is 5.55. The van der Waals surface area contributed by atoms with E-state index in [2.05, 4.69) is 0 Å². The number of anilines is 1. The van der Waals surface area contributed by atoms with Crippen molar-refractivity contribution in [2.45, 2.75) is 0 Å². The number of rotatable bonds is 5. The van der Waals surface area contributed by atoms with Gasteiger partial charge in [-0.3, -0.25) is 14.4 Å². The topological polar surface area (TPSA) is 63.7 Å². The van der Waals surface area contributed by atoms with Crippen LogP contribution in [0.4, 0.5) is 5.69 Å². The van der Waals surface area contributed by atoms with Crippen LogP contribution >= 0.6 is 0 Å². The first kappa shape index (κ1) is 20.4. The minimum Gasteiger partial charge on any atom is -0.497 e. The zero-order valence-electron chi connectivity index (χ0n) is 17.8. The molecule has 0 aromatic heterocycles. The van der Waals surface area contributed by atoms with Crippen LogP contribution in [0.2, 0.25) is 0 Å². The van der Waals surface area contributed by atoms with Crippen molar-refractivity contribution in [1.82, 2.24) is 0 Å². The quantitative estimate of drug-likeness (QED) is 0.235. The van der Waals surface area contributed by atoms with Gasteiger partial charge in [0.15, 0.2) is 5.78 Å². The fourth-order valence-electron chi connectivity index (χ4n) is 4.10. The van der Waals surface area contributed by atoms with Gasteiger partial charge >= 0.3 is 0 Å². The number of carbonyl (C=O) groups is 3. The Morgan fingerprint density at radius 1 is 0.788 bits per heavy atom. The molecule has 0 aliphatic carbocycles. The van der Waals surface area contributed by atoms with Crippen molar-refractivity contribution < 1.29 is 19.1 Å². The van der Waals surface area contributed by atoms with Crippen molar-refractivity contribution in [3.8, 4) is 5.75 Å². The van der Waals surface area contributed by atoms with Crippen molar-refractivity contribution in [2.24, 2.45) is 0 Å². The van der Waals surface area contributed by atoms with E-state index in [0.29, 0.717) is 38.9 Å². The summed E-state index contributed by atoms with van der Waals surface area (Å²) in [4.78, 5) is 40.8. The van der Waals surface area contributed by atoms with E-state index in [4.69, 9.17) is 4.74 Å². The lowest BCUT2D eigenvalue weighted by Crippen LogP contribution is -2.40. The lowest BCUT2D eigenvalue weighted by atomic mass is 9.89. The number of hydrogen-bond acceptors (Lipinski definition) is 4. The highest BCUT2D eigenvalue weighted by atomic mass is 16.5. The molecule has 4 aromatic carbocycles. The van der Waals surface area contributed by atoms with Gasteiger partial charge in [-0.2, -0.15) is 0 Å². The molecular formula is C28H19NO4. The van der Waals surface area contributed by atoms with E-state index in [1.165, 1.54) is 6.08 Å². The average molecular weight is 433 g/mol. The first-order valence-electron chi connectivity index (χ1n) is 10.4. The summed E-state index contributed by atoms with van der Waals surface area (Å²) in [5.41, 5.74) is 2.59. The standard InChI is InChI=1S/C28H19NO4/c1-33-20-13-11-19(12-14-20)29-27(31)23-9-5-8-22-21(15-16-24(26(22)23)28(29)32)25(30)17-10-18-6-3-2-4-7-18/h2-17H,1H3/b17-10+. The first-order valence-corrected chi connectivity index (χ1v) is 10.4. The molecule has 0 unspecified atom stereocenters. The van der Waals surface area contributed by atoms with E-state index in [0.717, 1.165) is 10.5 Å². The van der Waals surface area contributed by atoms with Gasteiger partial charge in [0, 0.05) is 22.1 Å². The average Bonchev–Trinajstić information content (AvgIpc) is 2.86. The smallest absolute Gasteiger partial charge is 0.265 e. The molecule has 0 spiro atoms. The molecule has 2 amide bonds. The van der Waals surface area contributed by atoms with Gasteiger partial charge in [-0.1, -0.05) is 48.5 Å². The molecule has 0 saturated heterocycles. The second-order valence-electron chi connectivity index (χ2n) is 7.64. The molecule has 0 N–H and O–H groups in total. The van der Waals surface area contributed by atoms with Gasteiger partial charge < -0.3 is 4.74 Å². The van der Waals surface area contributed by atoms with E-state index in [1.54, 1.807) is 67.8 Å². The number of imide groups is 1. The van der Waals surface area contributed by atoms with E-state index >= 15 is 0 Å². The van der Waals surface area contributed by atoms with Gasteiger partial charge in [0.25, 0.3) is 11.8 Å². The van der Waals surface area contributed by atoms with Crippen LogP contribution in [-0.4, -0.2) is 24.7 Å². The summed E-state index contributed by atoms with van der Waals surface area (Å²) in [5, 5.41) is 1.10. The predicted molar refractivity (Wildman–Crippen MR) is 128 cm³/mol. The Balaban J connectivity index is 1.58. The third-order valence-corrected chi connectivity index (χ3v) is 5.73. The lowest BCUT2D eigenvalue weighted by molar-refractivity contribution is 0.0892. The minimum absolute atomic E-state index is 0.194. The van der Waals surface area contributed by atoms with Crippen LogP contribution in [0.5, 0.6) is 5.75 Å². The summed E-state index contributed by atoms with van der Waals surface area (Å²) in [7, 11) is 1.55. The monoisotopic (exact) mass is 433 g/mol. The number of nitrogens with zero attached hydrogens (tertiary/aromatic N) is 1. The third-order valence-electron chi connectivity index (χ3n) is 5.73. The molecule has 160 valence electrons. The van der Waals surface area contributed by atoms with Crippen LogP contribution in [0.3, 0.4) is 0 Å². The van der Waals surface area contributed by atoms with E-state index in [-0.39, 0.29) is 5.78 Å². The summed E-state index contributed by atoms with van der Waals surface area (Å²) in [5.74, 6) is -0.412. The number of allylic oxidation sites excluding steroid dienone is 1. The lowest BCUT2D eigenvalue weighted by Gasteiger charge is -2.27. The van der Waals surface area contributed by atoms with Gasteiger partial charge in [0.1, 0.15) is 5.75 Å². The molecule has 0 saturated carbocycles. The number of ether oxygens (including phenoxy) is 1. The summed E-state index contributed by atoms with van der Waals surface area (Å²) < 4.78 is 5.17. The number of ketones is 1. The fraction of sp³-hybridized carbons (Fsp3) is 0.0357. The molecule has 0 bridgehead atoms. The summed E-state index contributed by atoms with van der Waals surface area (Å²) in [6.07, 6.45) is 3.26. The number of methoxy groups -OCH3 is 1. The van der Waals surface area contributed by atoms with E-state index < -0.39 is 11.8 Å². The number of amides is 2. The van der Waals surface area contributed by atoms with Crippen molar-refractivity contribution >= 4 is 40.1 Å². The summed E-state index contributed by atoms with van der Waals surface area (Å²) in [6, 6.07) is 24.8. The van der Waals surface area contributed by atoms with Crippen LogP contribution in [0.15, 0.2) is 91.0 Å². The first-order chi connectivity index (χ1) is 16.1. The fourth-order valence-corrected chi connectivity index (χ4v) is 4.10. The molecule has 33 heavy (non-hydrogen) atoms. The molecule has 0 radical (unpaired) electrons. The molecule has 1 heterocycles. The van der Waals surface area contributed by atoms with E-state index in [9.17, 15) is 14.4 Å². The van der Waals surface area contributed by atoms with Crippen LogP contribution in [0.25, 0.3) is 16.8 Å². The maximum absolute atomic E-state index is 13.3. The summed E-state index contributed by atoms with van der Waals surface area (Å²) >= 11 is 0. The maximum atomic E-state index is 13.3. The molecule has 0 fully saturated rings. The van der Waals surface area contributed by atoms with Crippen molar-refractivity contribution in [1.29, 1.82) is 0 Å². The van der Waals surface area contributed by atoms with Crippen LogP contribution in [-0.2, 0) is 0 Å². The molecule has 5 rings (SSSR count). The van der Waals surface area contributed by atoms with Gasteiger partial charge in [-0.15, -0.1) is 0 Å². The zero-order valence-corrected chi connectivity index (χ0v) is 17.8. The molecule has 0 atom stereocenters. The van der Waals surface area contributed by atoms with Crippen LogP contribution < -0.4 is 9.64 Å². The second kappa shape index (κ2) is 8.20. The largest absolute Gasteiger partial charge is 0.497 e. The van der Waals surface area contributed by atoms with Crippen molar-refractivity contribution in [3.05, 3.63) is 113 Å². The highest BCUT2D eigenvalue weighted by molar-refractivity contribution is 6.37. The molecule has 5 heteroatoms. The van der Waals surface area contributed by atoms with Gasteiger partial charge in [0.05, 0.1) is 12.8 Å². The molecule has 1 aliphatic heterocycles. The van der Waals surface area contributed by atoms with Crippen LogP contribution in [0, 0.1) is 0 Å². The van der Waals surface area contributed by atoms with E-state index in [1.807, 2.05) is 30.3 Å². The maximum Gasteiger partial charge on any atom is 0.265 e. The SMILES string of the molecule is COc1ccc(N2C(=O)c3cccc4c(C(=O)/C=C/c5ccccc5)ccc(c34)C2=O)cc1. The normalized spacial score (nSPS) is 13.1.